The van der Waals surface area contributed by atoms with Gasteiger partial charge in [-0.3, -0.25) is 0 Å². The van der Waals surface area contributed by atoms with Crippen molar-refractivity contribution in [2.45, 2.75) is 41.6 Å². The molecule has 5 atom stereocenters. The van der Waals surface area contributed by atoms with E-state index in [2.05, 4.69) is 0 Å². The van der Waals surface area contributed by atoms with E-state index in [0.717, 1.165) is 23.9 Å². The number of hydrogen-bond acceptors (Lipinski definition) is 6. The highest BCUT2D eigenvalue weighted by Gasteiger charge is 2.44. The zero-order valence-corrected chi connectivity index (χ0v) is 16.0. The maximum Gasteiger partial charge on any atom is 0.416 e. The lowest BCUT2D eigenvalue weighted by molar-refractivity contribution is -0.137. The molecule has 1 aliphatic heterocycles. The van der Waals surface area contributed by atoms with Gasteiger partial charge in [0.15, 0.2) is 5.44 Å². The second-order valence-corrected chi connectivity index (χ2v) is 8.14. The van der Waals surface area contributed by atoms with Gasteiger partial charge in [0, 0.05) is 6.42 Å². The molecule has 0 radical (unpaired) electrons. The van der Waals surface area contributed by atoms with Gasteiger partial charge in [0.1, 0.15) is 18.0 Å². The van der Waals surface area contributed by atoms with Gasteiger partial charge in [0.05, 0.1) is 23.5 Å². The zero-order valence-electron chi connectivity index (χ0n) is 15.2. The second-order valence-electron chi connectivity index (χ2n) is 6.79. The molecule has 9 heteroatoms. The van der Waals surface area contributed by atoms with Crippen LogP contribution < -0.4 is 4.74 Å². The molecule has 0 amide bonds. The van der Waals surface area contributed by atoms with Crippen LogP contribution in [-0.4, -0.2) is 56.0 Å². The van der Waals surface area contributed by atoms with Crippen molar-refractivity contribution in [3.05, 3.63) is 65.2 Å². The molecule has 0 spiro atoms. The van der Waals surface area contributed by atoms with E-state index in [1.165, 1.54) is 12.1 Å². The smallest absolute Gasteiger partial charge is 0.416 e. The van der Waals surface area contributed by atoms with Crippen molar-refractivity contribution in [3.63, 3.8) is 0 Å². The summed E-state index contributed by atoms with van der Waals surface area (Å²) in [6, 6.07) is 11.7. The molecule has 1 heterocycles. The highest BCUT2D eigenvalue weighted by Crippen LogP contribution is 2.36. The summed E-state index contributed by atoms with van der Waals surface area (Å²) < 4.78 is 44.0. The van der Waals surface area contributed by atoms with Crippen LogP contribution in [0.1, 0.15) is 16.7 Å². The number of benzene rings is 2. The van der Waals surface area contributed by atoms with Crippen molar-refractivity contribution in [1.82, 2.24) is 0 Å². The molecule has 29 heavy (non-hydrogen) atoms. The molecule has 158 valence electrons. The lowest BCUT2D eigenvalue weighted by Gasteiger charge is -2.39. The Morgan fingerprint density at radius 2 is 1.55 bits per heavy atom. The van der Waals surface area contributed by atoms with Gasteiger partial charge in [-0.25, -0.2) is 0 Å². The van der Waals surface area contributed by atoms with E-state index in [9.17, 15) is 33.6 Å². The van der Waals surface area contributed by atoms with Crippen LogP contribution in [0.3, 0.4) is 0 Å². The summed E-state index contributed by atoms with van der Waals surface area (Å²) in [5.41, 5.74) is -0.329. The standard InChI is InChI=1S/C20H21F3O5S/c21-20(22,23)13-7-5-11(6-8-13)9-12-3-1-2-4-14(12)28-19-18(27)17(26)16(25)15(10-24)29-19/h1-8,15-19,24-27H,9-10H2. The number of aliphatic hydroxyl groups excluding tert-OH is 4. The number of ether oxygens (including phenoxy) is 1. The minimum absolute atomic E-state index is 0.302. The Morgan fingerprint density at radius 3 is 2.17 bits per heavy atom. The molecule has 4 N–H and O–H groups in total. The average Bonchev–Trinajstić information content (AvgIpc) is 2.69. The molecule has 0 saturated carbocycles. The molecule has 1 aliphatic rings. The lowest BCUT2D eigenvalue weighted by atomic mass is 10.0. The first-order valence-corrected chi connectivity index (χ1v) is 9.86. The molecule has 5 nitrogen and oxygen atoms in total. The van der Waals surface area contributed by atoms with E-state index in [-0.39, 0.29) is 0 Å². The van der Waals surface area contributed by atoms with Crippen LogP contribution in [0.25, 0.3) is 0 Å². The molecular weight excluding hydrogens is 409 g/mol. The number of para-hydroxylation sites is 1. The normalized spacial score (nSPS) is 27.6. The third-order valence-electron chi connectivity index (χ3n) is 4.74. The van der Waals surface area contributed by atoms with Crippen molar-refractivity contribution < 1.29 is 38.3 Å². The number of halogens is 3. The van der Waals surface area contributed by atoms with E-state index in [1.54, 1.807) is 24.3 Å². The summed E-state index contributed by atoms with van der Waals surface area (Å²) in [7, 11) is 0. The molecule has 0 bridgehead atoms. The number of alkyl halides is 3. The van der Waals surface area contributed by atoms with Crippen LogP contribution in [0.5, 0.6) is 5.75 Å². The Balaban J connectivity index is 1.77. The van der Waals surface area contributed by atoms with Crippen molar-refractivity contribution in [2.75, 3.05) is 6.61 Å². The monoisotopic (exact) mass is 430 g/mol. The van der Waals surface area contributed by atoms with Crippen LogP contribution in [-0.2, 0) is 12.6 Å². The quantitative estimate of drug-likeness (QED) is 0.582. The summed E-state index contributed by atoms with van der Waals surface area (Å²) in [6.45, 7) is -0.400. The van der Waals surface area contributed by atoms with E-state index in [0.29, 0.717) is 23.3 Å². The molecule has 5 unspecified atom stereocenters. The highest BCUT2D eigenvalue weighted by atomic mass is 32.2. The molecule has 1 fully saturated rings. The number of aliphatic hydroxyl groups is 4. The highest BCUT2D eigenvalue weighted by molar-refractivity contribution is 8.00. The van der Waals surface area contributed by atoms with Gasteiger partial charge in [-0.05, 0) is 29.3 Å². The van der Waals surface area contributed by atoms with Gasteiger partial charge >= 0.3 is 6.18 Å². The number of thioether (sulfide) groups is 1. The van der Waals surface area contributed by atoms with Crippen LogP contribution in [0, 0.1) is 0 Å². The van der Waals surface area contributed by atoms with Crippen LogP contribution in [0.4, 0.5) is 13.2 Å². The summed E-state index contributed by atoms with van der Waals surface area (Å²) in [5.74, 6) is 0.393. The second kappa shape index (κ2) is 8.93. The molecule has 1 saturated heterocycles. The van der Waals surface area contributed by atoms with E-state index >= 15 is 0 Å². The topological polar surface area (TPSA) is 90.2 Å². The molecule has 3 rings (SSSR count). The maximum absolute atomic E-state index is 12.7. The average molecular weight is 430 g/mol. The van der Waals surface area contributed by atoms with Crippen LogP contribution >= 0.6 is 11.8 Å². The molecule has 2 aromatic carbocycles. The Labute approximate surface area is 169 Å². The Kier molecular flexibility index (Phi) is 6.75. The summed E-state index contributed by atoms with van der Waals surface area (Å²) in [4.78, 5) is 0. The molecule has 0 aliphatic carbocycles. The SMILES string of the molecule is OCC1SC(Oc2ccccc2Cc2ccc(C(F)(F)F)cc2)C(O)C(O)C1O. The van der Waals surface area contributed by atoms with Crippen LogP contribution in [0.15, 0.2) is 48.5 Å². The Bertz CT molecular complexity index is 813. The van der Waals surface area contributed by atoms with Gasteiger partial charge in [-0.15, -0.1) is 11.8 Å². The van der Waals surface area contributed by atoms with Crippen molar-refractivity contribution in [3.8, 4) is 5.75 Å². The summed E-state index contributed by atoms with van der Waals surface area (Å²) in [6.07, 6.45) is -8.24. The van der Waals surface area contributed by atoms with Gasteiger partial charge in [0.25, 0.3) is 0 Å². The molecule has 0 aromatic heterocycles. The number of hydrogen-bond donors (Lipinski definition) is 4. The van der Waals surface area contributed by atoms with Crippen molar-refractivity contribution in [2.24, 2.45) is 0 Å². The predicted molar refractivity (Wildman–Crippen MR) is 102 cm³/mol. The van der Waals surface area contributed by atoms with E-state index in [4.69, 9.17) is 4.74 Å². The molecular formula is C20H21F3O5S. The number of rotatable bonds is 5. The third kappa shape index (κ3) is 5.04. The largest absolute Gasteiger partial charge is 0.477 e. The summed E-state index contributed by atoms with van der Waals surface area (Å²) in [5, 5.41) is 38.8. The maximum atomic E-state index is 12.7. The fraction of sp³-hybridized carbons (Fsp3) is 0.400. The van der Waals surface area contributed by atoms with Crippen LogP contribution in [0.2, 0.25) is 0 Å². The minimum atomic E-state index is -4.40. The first kappa shape index (κ1) is 21.9. The van der Waals surface area contributed by atoms with Gasteiger partial charge in [-0.2, -0.15) is 13.2 Å². The van der Waals surface area contributed by atoms with Gasteiger partial charge in [-0.1, -0.05) is 30.3 Å². The van der Waals surface area contributed by atoms with Gasteiger partial charge < -0.3 is 25.2 Å². The first-order valence-electron chi connectivity index (χ1n) is 8.92. The molecule has 2 aromatic rings. The predicted octanol–water partition coefficient (Wildman–Crippen LogP) is 2.19. The first-order chi connectivity index (χ1) is 13.7. The Hall–Kier alpha value is -1.78. The fourth-order valence-corrected chi connectivity index (χ4v) is 4.32. The van der Waals surface area contributed by atoms with Gasteiger partial charge in [0.2, 0.25) is 0 Å². The minimum Gasteiger partial charge on any atom is -0.477 e. The van der Waals surface area contributed by atoms with E-state index in [1.807, 2.05) is 0 Å². The van der Waals surface area contributed by atoms with Crippen molar-refractivity contribution >= 4 is 11.8 Å². The zero-order chi connectivity index (χ0) is 21.2. The lowest BCUT2D eigenvalue weighted by Crippen LogP contribution is -2.55. The van der Waals surface area contributed by atoms with Crippen molar-refractivity contribution in [1.29, 1.82) is 0 Å². The van der Waals surface area contributed by atoms with E-state index < -0.39 is 47.3 Å². The third-order valence-corrected chi connectivity index (χ3v) is 6.16. The Morgan fingerprint density at radius 1 is 0.897 bits per heavy atom. The fourth-order valence-electron chi connectivity index (χ4n) is 3.09. The summed E-state index contributed by atoms with van der Waals surface area (Å²) >= 11 is 1.01.